The van der Waals surface area contributed by atoms with Gasteiger partial charge in [0, 0.05) is 26.6 Å². The Bertz CT molecular complexity index is 662. The summed E-state index contributed by atoms with van der Waals surface area (Å²) in [4.78, 5) is 11.7. The Morgan fingerprint density at radius 2 is 1.92 bits per heavy atom. The van der Waals surface area contributed by atoms with Gasteiger partial charge in [0.05, 0.1) is 24.1 Å². The molecule has 1 rings (SSSR count). The number of ether oxygens (including phenoxy) is 1. The summed E-state index contributed by atoms with van der Waals surface area (Å²) in [6, 6.07) is 4.34. The van der Waals surface area contributed by atoms with Gasteiger partial charge >= 0.3 is 6.18 Å². The number of halogens is 3. The number of benzene rings is 1. The highest BCUT2D eigenvalue weighted by atomic mass is 32.2. The molecule has 0 spiro atoms. The zero-order chi connectivity index (χ0) is 18.4. The summed E-state index contributed by atoms with van der Waals surface area (Å²) in [6.07, 6.45) is -4.19. The van der Waals surface area contributed by atoms with Gasteiger partial charge in [-0.05, 0) is 12.1 Å². The number of rotatable bonds is 8. The lowest BCUT2D eigenvalue weighted by Crippen LogP contribution is -2.36. The van der Waals surface area contributed by atoms with Crippen LogP contribution in [0.5, 0.6) is 0 Å². The van der Waals surface area contributed by atoms with E-state index >= 15 is 0 Å². The zero-order valence-corrected chi connectivity index (χ0v) is 14.1. The number of methoxy groups -OCH3 is 1. The van der Waals surface area contributed by atoms with E-state index in [0.29, 0.717) is 4.31 Å². The van der Waals surface area contributed by atoms with E-state index in [0.717, 1.165) is 18.4 Å². The molecule has 0 aromatic heterocycles. The Morgan fingerprint density at radius 1 is 1.29 bits per heavy atom. The van der Waals surface area contributed by atoms with Crippen LogP contribution in [-0.4, -0.2) is 47.4 Å². The van der Waals surface area contributed by atoms with Crippen LogP contribution in [0.25, 0.3) is 0 Å². The molecule has 0 radical (unpaired) electrons. The maximum Gasteiger partial charge on any atom is 0.418 e. The van der Waals surface area contributed by atoms with Gasteiger partial charge in [0.15, 0.2) is 0 Å². The molecule has 0 bridgehead atoms. The molecule has 1 aromatic rings. The lowest BCUT2D eigenvalue weighted by molar-refractivity contribution is -0.137. The third-order valence-electron chi connectivity index (χ3n) is 3.05. The SMILES string of the molecule is COCCNC(=O)CCN(c1ccccc1C(F)(F)F)S(C)(=O)=O. The van der Waals surface area contributed by atoms with Crippen molar-refractivity contribution in [2.75, 3.05) is 37.4 Å². The molecule has 1 amide bonds. The van der Waals surface area contributed by atoms with Crippen molar-refractivity contribution in [3.8, 4) is 0 Å². The number of nitrogens with zero attached hydrogens (tertiary/aromatic N) is 1. The van der Waals surface area contributed by atoms with Crippen LogP contribution in [-0.2, 0) is 25.7 Å². The summed E-state index contributed by atoms with van der Waals surface area (Å²) in [5.74, 6) is -0.481. The first-order valence-electron chi connectivity index (χ1n) is 6.97. The standard InChI is InChI=1S/C14H19F3N2O4S/c1-23-10-8-18-13(20)7-9-19(24(2,21)22)12-6-4-3-5-11(12)14(15,16)17/h3-6H,7-10H2,1-2H3,(H,18,20). The number of carbonyl (C=O) groups is 1. The van der Waals surface area contributed by atoms with Gasteiger partial charge in [-0.3, -0.25) is 9.10 Å². The normalized spacial score (nSPS) is 12.0. The largest absolute Gasteiger partial charge is 0.418 e. The maximum absolute atomic E-state index is 13.1. The minimum atomic E-state index is -4.71. The molecule has 0 saturated heterocycles. The minimum absolute atomic E-state index is 0.230. The van der Waals surface area contributed by atoms with Crippen molar-refractivity contribution in [3.05, 3.63) is 29.8 Å². The monoisotopic (exact) mass is 368 g/mol. The van der Waals surface area contributed by atoms with Gasteiger partial charge in [0.2, 0.25) is 15.9 Å². The van der Waals surface area contributed by atoms with Gasteiger partial charge in [-0.15, -0.1) is 0 Å². The van der Waals surface area contributed by atoms with Crippen molar-refractivity contribution in [3.63, 3.8) is 0 Å². The smallest absolute Gasteiger partial charge is 0.383 e. The van der Waals surface area contributed by atoms with E-state index in [1.807, 2.05) is 0 Å². The van der Waals surface area contributed by atoms with Crippen LogP contribution >= 0.6 is 0 Å². The number of para-hydroxylation sites is 1. The number of sulfonamides is 1. The zero-order valence-electron chi connectivity index (χ0n) is 13.3. The summed E-state index contributed by atoms with van der Waals surface area (Å²) in [5, 5.41) is 2.48. The van der Waals surface area contributed by atoms with E-state index in [2.05, 4.69) is 5.32 Å². The van der Waals surface area contributed by atoms with E-state index in [1.165, 1.54) is 19.2 Å². The van der Waals surface area contributed by atoms with Gasteiger partial charge in [-0.2, -0.15) is 13.2 Å². The van der Waals surface area contributed by atoms with Crippen LogP contribution in [0.15, 0.2) is 24.3 Å². The topological polar surface area (TPSA) is 75.7 Å². The number of nitrogens with one attached hydrogen (secondary N) is 1. The summed E-state index contributed by atoms with van der Waals surface area (Å²) >= 11 is 0. The molecule has 0 aliphatic carbocycles. The average Bonchev–Trinajstić information content (AvgIpc) is 2.46. The van der Waals surface area contributed by atoms with Crippen LogP contribution in [0.4, 0.5) is 18.9 Å². The number of hydrogen-bond acceptors (Lipinski definition) is 4. The molecule has 0 fully saturated rings. The number of carbonyl (C=O) groups excluding carboxylic acids is 1. The van der Waals surface area contributed by atoms with Crippen LogP contribution < -0.4 is 9.62 Å². The van der Waals surface area contributed by atoms with E-state index < -0.39 is 39.9 Å². The third kappa shape index (κ3) is 6.00. The lowest BCUT2D eigenvalue weighted by Gasteiger charge is -2.25. The van der Waals surface area contributed by atoms with Crippen LogP contribution in [0.2, 0.25) is 0 Å². The molecule has 1 aromatic carbocycles. The first kappa shape index (κ1) is 20.2. The molecule has 10 heteroatoms. The predicted octanol–water partition coefficient (Wildman–Crippen LogP) is 1.62. The lowest BCUT2D eigenvalue weighted by atomic mass is 10.1. The number of hydrogen-bond donors (Lipinski definition) is 1. The second kappa shape index (κ2) is 8.34. The van der Waals surface area contributed by atoms with E-state index in [4.69, 9.17) is 4.74 Å². The quantitative estimate of drug-likeness (QED) is 0.708. The predicted molar refractivity (Wildman–Crippen MR) is 83.1 cm³/mol. The van der Waals surface area contributed by atoms with Gasteiger partial charge in [0.1, 0.15) is 0 Å². The van der Waals surface area contributed by atoms with Crippen LogP contribution in [0.3, 0.4) is 0 Å². The summed E-state index contributed by atoms with van der Waals surface area (Å²) < 4.78 is 68.4. The van der Waals surface area contributed by atoms with Crippen molar-refractivity contribution in [2.45, 2.75) is 12.6 Å². The summed E-state index contributed by atoms with van der Waals surface area (Å²) in [5.41, 5.74) is -1.58. The third-order valence-corrected chi connectivity index (χ3v) is 4.23. The molecule has 0 aliphatic rings. The van der Waals surface area contributed by atoms with Gasteiger partial charge in [0.25, 0.3) is 0 Å². The fourth-order valence-corrected chi connectivity index (χ4v) is 2.92. The van der Waals surface area contributed by atoms with Crippen molar-refractivity contribution < 1.29 is 31.1 Å². The minimum Gasteiger partial charge on any atom is -0.383 e. The van der Waals surface area contributed by atoms with Gasteiger partial charge in [-0.1, -0.05) is 12.1 Å². The summed E-state index contributed by atoms with van der Waals surface area (Å²) in [6.45, 7) is 0.108. The fraction of sp³-hybridized carbons (Fsp3) is 0.500. The number of anilines is 1. The molecule has 0 saturated carbocycles. The molecule has 0 aliphatic heterocycles. The number of alkyl halides is 3. The molecule has 0 atom stereocenters. The van der Waals surface area contributed by atoms with Crippen LogP contribution in [0, 0.1) is 0 Å². The second-order valence-electron chi connectivity index (χ2n) is 4.94. The van der Waals surface area contributed by atoms with Crippen molar-refractivity contribution in [1.82, 2.24) is 5.32 Å². The Labute approximate surface area is 138 Å². The van der Waals surface area contributed by atoms with E-state index in [1.54, 1.807) is 0 Å². The van der Waals surface area contributed by atoms with Gasteiger partial charge in [-0.25, -0.2) is 8.42 Å². The molecule has 24 heavy (non-hydrogen) atoms. The molecule has 136 valence electrons. The summed E-state index contributed by atoms with van der Waals surface area (Å²) in [7, 11) is -2.54. The van der Waals surface area contributed by atoms with E-state index in [-0.39, 0.29) is 19.6 Å². The molecule has 0 heterocycles. The highest BCUT2D eigenvalue weighted by Crippen LogP contribution is 2.37. The first-order valence-corrected chi connectivity index (χ1v) is 8.81. The Morgan fingerprint density at radius 3 is 2.46 bits per heavy atom. The molecule has 6 nitrogen and oxygen atoms in total. The molecular formula is C14H19F3N2O4S. The Balaban J connectivity index is 2.99. The van der Waals surface area contributed by atoms with Crippen molar-refractivity contribution in [2.24, 2.45) is 0 Å². The Hall–Kier alpha value is -1.81. The highest BCUT2D eigenvalue weighted by Gasteiger charge is 2.36. The molecular weight excluding hydrogens is 349 g/mol. The Kier molecular flexibility index (Phi) is 7.03. The van der Waals surface area contributed by atoms with Crippen molar-refractivity contribution in [1.29, 1.82) is 0 Å². The fourth-order valence-electron chi connectivity index (χ4n) is 1.98. The average molecular weight is 368 g/mol. The molecule has 0 unspecified atom stereocenters. The second-order valence-corrected chi connectivity index (χ2v) is 6.85. The maximum atomic E-state index is 13.1. The van der Waals surface area contributed by atoms with Crippen molar-refractivity contribution >= 4 is 21.6 Å². The molecule has 1 N–H and O–H groups in total. The van der Waals surface area contributed by atoms with Gasteiger partial charge < -0.3 is 10.1 Å². The first-order chi connectivity index (χ1) is 11.1. The van der Waals surface area contributed by atoms with E-state index in [9.17, 15) is 26.4 Å². The number of amides is 1. The van der Waals surface area contributed by atoms with Crippen LogP contribution in [0.1, 0.15) is 12.0 Å². The highest BCUT2D eigenvalue weighted by molar-refractivity contribution is 7.92.